The molecule has 0 saturated heterocycles. The summed E-state index contributed by atoms with van der Waals surface area (Å²) in [6, 6.07) is 0. The highest BCUT2D eigenvalue weighted by Gasteiger charge is 1.96. The molecule has 0 spiro atoms. The number of allylic oxidation sites excluding steroid dienone is 2. The van der Waals surface area contributed by atoms with Crippen LogP contribution in [0.15, 0.2) is 11.8 Å². The van der Waals surface area contributed by atoms with Crippen LogP contribution < -0.4 is 0 Å². The van der Waals surface area contributed by atoms with Crippen molar-refractivity contribution in [2.24, 2.45) is 0 Å². The molecular weight excluding hydrogens is 228 g/mol. The first-order chi connectivity index (χ1) is 8.85. The molecule has 0 heterocycles. The third-order valence-electron chi connectivity index (χ3n) is 2.72. The quantitative estimate of drug-likeness (QED) is 0.163. The highest BCUT2D eigenvalue weighted by Crippen LogP contribution is 2.04. The average molecular weight is 256 g/mol. The zero-order valence-electron chi connectivity index (χ0n) is 12.0. The predicted molar refractivity (Wildman–Crippen MR) is 74.3 cm³/mol. The summed E-state index contributed by atoms with van der Waals surface area (Å²) in [5, 5.41) is 0. The zero-order valence-corrected chi connectivity index (χ0v) is 12.0. The van der Waals surface area contributed by atoms with E-state index in [1.807, 2.05) is 6.08 Å². The summed E-state index contributed by atoms with van der Waals surface area (Å²) in [7, 11) is 0. The second-order valence-electron chi connectivity index (χ2n) is 4.45. The number of carbonyl (C=O) groups excluding carboxylic acids is 1. The average Bonchev–Trinajstić information content (AvgIpc) is 2.40. The Bertz CT molecular complexity index is 212. The maximum Gasteiger partial charge on any atom is 0.189 e. The van der Waals surface area contributed by atoms with Gasteiger partial charge in [-0.3, -0.25) is 4.79 Å². The van der Waals surface area contributed by atoms with Crippen LogP contribution in [0.5, 0.6) is 0 Å². The van der Waals surface area contributed by atoms with Crippen LogP contribution in [0.3, 0.4) is 0 Å². The van der Waals surface area contributed by atoms with Gasteiger partial charge in [0.1, 0.15) is 0 Å². The fourth-order valence-corrected chi connectivity index (χ4v) is 1.58. The number of aldehydes is 1. The molecule has 106 valence electrons. The Hall–Kier alpha value is -0.830. The van der Waals surface area contributed by atoms with Crippen LogP contribution in [0.4, 0.5) is 0 Å². The highest BCUT2D eigenvalue weighted by atomic mass is 16.7. The van der Waals surface area contributed by atoms with Gasteiger partial charge in [-0.15, -0.1) is 0 Å². The Balaban J connectivity index is 3.46. The molecule has 18 heavy (non-hydrogen) atoms. The van der Waals surface area contributed by atoms with Crippen molar-refractivity contribution in [2.75, 3.05) is 13.4 Å². The molecule has 0 aromatic heterocycles. The Labute approximate surface area is 112 Å². The van der Waals surface area contributed by atoms with E-state index >= 15 is 0 Å². The van der Waals surface area contributed by atoms with E-state index in [0.717, 1.165) is 25.5 Å². The second kappa shape index (κ2) is 14.2. The van der Waals surface area contributed by atoms with E-state index in [9.17, 15) is 4.79 Å². The molecule has 0 fully saturated rings. The van der Waals surface area contributed by atoms with E-state index in [1.165, 1.54) is 32.1 Å². The van der Waals surface area contributed by atoms with Gasteiger partial charge in [-0.1, -0.05) is 46.0 Å². The van der Waals surface area contributed by atoms with Crippen molar-refractivity contribution in [3.05, 3.63) is 11.8 Å². The van der Waals surface area contributed by atoms with Crippen LogP contribution in [0.2, 0.25) is 0 Å². The van der Waals surface area contributed by atoms with Crippen LogP contribution in [0, 0.1) is 0 Å². The van der Waals surface area contributed by atoms with Gasteiger partial charge in [0.25, 0.3) is 0 Å². The van der Waals surface area contributed by atoms with Gasteiger partial charge in [-0.2, -0.15) is 0 Å². The lowest BCUT2D eigenvalue weighted by atomic mass is 10.2. The van der Waals surface area contributed by atoms with Gasteiger partial charge >= 0.3 is 0 Å². The Morgan fingerprint density at radius 1 is 1.00 bits per heavy atom. The molecule has 3 nitrogen and oxygen atoms in total. The predicted octanol–water partition coefficient (Wildman–Crippen LogP) is 4.22. The summed E-state index contributed by atoms with van der Waals surface area (Å²) in [5.74, 6) is 0.402. The van der Waals surface area contributed by atoms with Gasteiger partial charge in [-0.05, 0) is 25.3 Å². The first-order valence-electron chi connectivity index (χ1n) is 7.21. The van der Waals surface area contributed by atoms with E-state index in [4.69, 9.17) is 9.47 Å². The summed E-state index contributed by atoms with van der Waals surface area (Å²) >= 11 is 0. The SMILES string of the molecule is CCCCC/C=C(\C=O)OCOCCCCCC. The lowest BCUT2D eigenvalue weighted by Crippen LogP contribution is -2.02. The maximum absolute atomic E-state index is 10.7. The Kier molecular flexibility index (Phi) is 13.6. The third-order valence-corrected chi connectivity index (χ3v) is 2.72. The van der Waals surface area contributed by atoms with Crippen molar-refractivity contribution in [2.45, 2.75) is 65.2 Å². The van der Waals surface area contributed by atoms with Crippen LogP contribution in [-0.4, -0.2) is 19.7 Å². The van der Waals surface area contributed by atoms with Gasteiger partial charge in [0, 0.05) is 0 Å². The number of hydrogen-bond donors (Lipinski definition) is 0. The number of hydrogen-bond acceptors (Lipinski definition) is 3. The largest absolute Gasteiger partial charge is 0.464 e. The molecular formula is C15H28O3. The van der Waals surface area contributed by atoms with Crippen molar-refractivity contribution in [3.63, 3.8) is 0 Å². The van der Waals surface area contributed by atoms with Crippen molar-refractivity contribution in [3.8, 4) is 0 Å². The molecule has 0 aliphatic rings. The van der Waals surface area contributed by atoms with Crippen LogP contribution in [-0.2, 0) is 14.3 Å². The number of carbonyl (C=O) groups is 1. The number of unbranched alkanes of at least 4 members (excludes halogenated alkanes) is 6. The molecule has 0 rings (SSSR count). The molecule has 0 unspecified atom stereocenters. The minimum absolute atomic E-state index is 0.185. The molecule has 0 radical (unpaired) electrons. The van der Waals surface area contributed by atoms with Crippen LogP contribution >= 0.6 is 0 Å². The topological polar surface area (TPSA) is 35.5 Å². The van der Waals surface area contributed by atoms with Crippen molar-refractivity contribution >= 4 is 6.29 Å². The van der Waals surface area contributed by atoms with Gasteiger partial charge in [0.15, 0.2) is 18.8 Å². The lowest BCUT2D eigenvalue weighted by Gasteiger charge is -2.06. The Morgan fingerprint density at radius 3 is 2.39 bits per heavy atom. The standard InChI is InChI=1S/C15H28O3/c1-3-5-7-9-11-15(13-16)18-14-17-12-10-8-6-4-2/h11,13H,3-10,12,14H2,1-2H3/b15-11+. The van der Waals surface area contributed by atoms with Gasteiger partial charge in [-0.25, -0.2) is 0 Å². The molecule has 0 aliphatic carbocycles. The third kappa shape index (κ3) is 11.6. The first-order valence-corrected chi connectivity index (χ1v) is 7.21. The minimum Gasteiger partial charge on any atom is -0.464 e. The molecule has 0 N–H and O–H groups in total. The number of rotatable bonds is 13. The number of ether oxygens (including phenoxy) is 2. The van der Waals surface area contributed by atoms with E-state index in [-0.39, 0.29) is 6.79 Å². The molecule has 0 amide bonds. The fourth-order valence-electron chi connectivity index (χ4n) is 1.58. The smallest absolute Gasteiger partial charge is 0.189 e. The van der Waals surface area contributed by atoms with Gasteiger partial charge in [0.2, 0.25) is 0 Å². The fraction of sp³-hybridized carbons (Fsp3) is 0.800. The highest BCUT2D eigenvalue weighted by molar-refractivity contribution is 5.69. The summed E-state index contributed by atoms with van der Waals surface area (Å²) in [6.07, 6.45) is 11.7. The van der Waals surface area contributed by atoms with E-state index in [1.54, 1.807) is 0 Å². The Morgan fingerprint density at radius 2 is 1.72 bits per heavy atom. The van der Waals surface area contributed by atoms with Crippen LogP contribution in [0.1, 0.15) is 65.2 Å². The molecule has 0 saturated carbocycles. The van der Waals surface area contributed by atoms with Crippen molar-refractivity contribution in [1.82, 2.24) is 0 Å². The normalized spacial score (nSPS) is 11.6. The summed E-state index contributed by atoms with van der Waals surface area (Å²) in [5.41, 5.74) is 0. The summed E-state index contributed by atoms with van der Waals surface area (Å²) in [6.45, 7) is 5.24. The minimum atomic E-state index is 0.185. The molecule has 3 heteroatoms. The van der Waals surface area contributed by atoms with Gasteiger partial charge < -0.3 is 9.47 Å². The second-order valence-corrected chi connectivity index (χ2v) is 4.45. The van der Waals surface area contributed by atoms with E-state index in [0.29, 0.717) is 12.4 Å². The van der Waals surface area contributed by atoms with E-state index < -0.39 is 0 Å². The van der Waals surface area contributed by atoms with Crippen molar-refractivity contribution < 1.29 is 14.3 Å². The summed E-state index contributed by atoms with van der Waals surface area (Å²) in [4.78, 5) is 10.7. The lowest BCUT2D eigenvalue weighted by molar-refractivity contribution is -0.111. The molecule has 0 atom stereocenters. The molecule has 0 bridgehead atoms. The maximum atomic E-state index is 10.7. The zero-order chi connectivity index (χ0) is 13.5. The van der Waals surface area contributed by atoms with Crippen LogP contribution in [0.25, 0.3) is 0 Å². The van der Waals surface area contributed by atoms with Crippen molar-refractivity contribution in [1.29, 1.82) is 0 Å². The van der Waals surface area contributed by atoms with E-state index in [2.05, 4.69) is 13.8 Å². The van der Waals surface area contributed by atoms with Gasteiger partial charge in [0.05, 0.1) is 6.61 Å². The molecule has 0 aliphatic heterocycles. The monoisotopic (exact) mass is 256 g/mol. The summed E-state index contributed by atoms with van der Waals surface area (Å²) < 4.78 is 10.6. The molecule has 0 aromatic carbocycles. The molecule has 0 aromatic rings. The first kappa shape index (κ1) is 17.2.